The van der Waals surface area contributed by atoms with Crippen molar-refractivity contribution >= 4 is 22.9 Å². The molecule has 0 aromatic heterocycles. The van der Waals surface area contributed by atoms with E-state index in [1.807, 2.05) is 42.5 Å². The Morgan fingerprint density at radius 1 is 1.00 bits per heavy atom. The first kappa shape index (κ1) is 7.80. The van der Waals surface area contributed by atoms with Crippen molar-refractivity contribution < 1.29 is 4.79 Å². The number of rotatable bonds is 2. The van der Waals surface area contributed by atoms with E-state index in [-0.39, 0.29) is 0 Å². The molecule has 2 heteroatoms. The maximum Gasteiger partial charge on any atom is 0.314 e. The normalized spacial score (nSPS) is 9.85. The number of hydrogen-bond acceptors (Lipinski definition) is 1. The Balaban J connectivity index is 2.68. The van der Waals surface area contributed by atoms with Gasteiger partial charge in [0.15, 0.2) is 0 Å². The lowest BCUT2D eigenvalue weighted by Gasteiger charge is -2.02. The lowest BCUT2D eigenvalue weighted by atomic mass is 10.1. The van der Waals surface area contributed by atoms with Gasteiger partial charge in [-0.3, -0.25) is 4.79 Å². The maximum absolute atomic E-state index is 10.2. The number of carbonyl (C=O) groups excluding carboxylic acids is 1. The van der Waals surface area contributed by atoms with Gasteiger partial charge in [-0.25, -0.2) is 0 Å². The number of anilines is 1. The van der Waals surface area contributed by atoms with Crippen LogP contribution in [0.3, 0.4) is 0 Å². The van der Waals surface area contributed by atoms with E-state index in [9.17, 15) is 4.79 Å². The van der Waals surface area contributed by atoms with E-state index < -0.39 is 0 Å². The molecular weight excluding hydrogens is 162 g/mol. The summed E-state index contributed by atoms with van der Waals surface area (Å²) in [6, 6.07) is 13.6. The summed E-state index contributed by atoms with van der Waals surface area (Å²) in [4.78, 5) is 10.2. The third-order valence-corrected chi connectivity index (χ3v) is 1.98. The van der Waals surface area contributed by atoms with E-state index in [0.717, 1.165) is 16.5 Å². The molecule has 63 valence electrons. The van der Waals surface area contributed by atoms with Crippen LogP contribution in [0.5, 0.6) is 0 Å². The van der Waals surface area contributed by atoms with Crippen molar-refractivity contribution in [1.82, 2.24) is 0 Å². The second-order valence-electron chi connectivity index (χ2n) is 2.75. The average molecular weight is 170 g/mol. The number of nitrogens with one attached hydrogen (secondary N) is 1. The molecule has 2 rings (SSSR count). The fourth-order valence-corrected chi connectivity index (χ4v) is 1.39. The first-order chi connectivity index (χ1) is 6.42. The van der Waals surface area contributed by atoms with Gasteiger partial charge in [-0.1, -0.05) is 36.4 Å². The summed E-state index contributed by atoms with van der Waals surface area (Å²) in [6.45, 7) is 0. The molecule has 0 saturated heterocycles. The number of fused-ring (bicyclic) bond motifs is 1. The molecule has 0 saturated carbocycles. The van der Waals surface area contributed by atoms with Gasteiger partial charge >= 0.3 is 6.41 Å². The van der Waals surface area contributed by atoms with Crippen molar-refractivity contribution in [2.24, 2.45) is 0 Å². The van der Waals surface area contributed by atoms with Crippen LogP contribution in [0.4, 0.5) is 5.69 Å². The van der Waals surface area contributed by atoms with Crippen molar-refractivity contribution in [2.75, 3.05) is 5.32 Å². The van der Waals surface area contributed by atoms with Crippen molar-refractivity contribution in [3.63, 3.8) is 0 Å². The first-order valence-electron chi connectivity index (χ1n) is 4.03. The molecule has 0 aliphatic rings. The Kier molecular flexibility index (Phi) is 1.96. The minimum atomic E-state index is 0.799. The molecule has 13 heavy (non-hydrogen) atoms. The molecule has 0 spiro atoms. The van der Waals surface area contributed by atoms with Gasteiger partial charge < -0.3 is 5.32 Å². The molecule has 2 aromatic carbocycles. The van der Waals surface area contributed by atoms with Crippen LogP contribution in [-0.2, 0) is 4.79 Å². The van der Waals surface area contributed by atoms with E-state index in [1.165, 1.54) is 0 Å². The molecule has 0 unspecified atom stereocenters. The van der Waals surface area contributed by atoms with E-state index >= 15 is 0 Å². The Morgan fingerprint density at radius 2 is 1.77 bits per heavy atom. The summed E-state index contributed by atoms with van der Waals surface area (Å²) in [7, 11) is 0. The summed E-state index contributed by atoms with van der Waals surface area (Å²) in [5, 5.41) is 4.69. The van der Waals surface area contributed by atoms with Gasteiger partial charge in [0.2, 0.25) is 0 Å². The van der Waals surface area contributed by atoms with Gasteiger partial charge in [-0.05, 0) is 11.5 Å². The second-order valence-corrected chi connectivity index (χ2v) is 2.75. The lowest BCUT2D eigenvalue weighted by Crippen LogP contribution is -1.93. The summed E-state index contributed by atoms with van der Waals surface area (Å²) in [6.07, 6.45) is 1.68. The molecular formula is C11H8NO. The van der Waals surface area contributed by atoms with E-state index in [4.69, 9.17) is 0 Å². The zero-order valence-electron chi connectivity index (χ0n) is 6.95. The molecule has 1 radical (unpaired) electrons. The quantitative estimate of drug-likeness (QED) is 0.688. The highest BCUT2D eigenvalue weighted by molar-refractivity contribution is 5.97. The van der Waals surface area contributed by atoms with Gasteiger partial charge in [0, 0.05) is 11.1 Å². The van der Waals surface area contributed by atoms with Crippen molar-refractivity contribution in [2.45, 2.75) is 0 Å². The Labute approximate surface area is 76.2 Å². The van der Waals surface area contributed by atoms with E-state index in [2.05, 4.69) is 5.32 Å². The van der Waals surface area contributed by atoms with E-state index in [1.54, 1.807) is 6.41 Å². The highest BCUT2D eigenvalue weighted by Crippen LogP contribution is 2.21. The van der Waals surface area contributed by atoms with Crippen LogP contribution in [0.25, 0.3) is 10.8 Å². The molecule has 0 aliphatic carbocycles. The Morgan fingerprint density at radius 3 is 2.62 bits per heavy atom. The minimum absolute atomic E-state index is 0.799. The van der Waals surface area contributed by atoms with Crippen LogP contribution in [0, 0.1) is 0 Å². The molecule has 0 aliphatic heterocycles. The standard InChI is InChI=1S/C11H8NO/c13-8-12-11-7-3-5-9-4-1-2-6-10(9)11/h1-7H,(H,12,13). The first-order valence-corrected chi connectivity index (χ1v) is 4.03. The molecule has 0 atom stereocenters. The van der Waals surface area contributed by atoms with Crippen LogP contribution >= 0.6 is 0 Å². The number of benzene rings is 2. The van der Waals surface area contributed by atoms with Crippen LogP contribution in [0.2, 0.25) is 0 Å². The Bertz CT molecular complexity index is 432. The predicted octanol–water partition coefficient (Wildman–Crippen LogP) is 2.32. The van der Waals surface area contributed by atoms with Crippen molar-refractivity contribution in [3.05, 3.63) is 42.5 Å². The van der Waals surface area contributed by atoms with Crippen LogP contribution in [-0.4, -0.2) is 6.41 Å². The molecule has 2 nitrogen and oxygen atoms in total. The minimum Gasteiger partial charge on any atom is -0.317 e. The summed E-state index contributed by atoms with van der Waals surface area (Å²) >= 11 is 0. The summed E-state index contributed by atoms with van der Waals surface area (Å²) in [5.74, 6) is 0. The molecule has 0 heterocycles. The summed E-state index contributed by atoms with van der Waals surface area (Å²) < 4.78 is 0. The maximum atomic E-state index is 10.2. The predicted molar refractivity (Wildman–Crippen MR) is 53.3 cm³/mol. The fourth-order valence-electron chi connectivity index (χ4n) is 1.39. The van der Waals surface area contributed by atoms with Crippen LogP contribution < -0.4 is 5.32 Å². The van der Waals surface area contributed by atoms with Crippen molar-refractivity contribution in [1.29, 1.82) is 0 Å². The number of hydrogen-bond donors (Lipinski definition) is 1. The fraction of sp³-hybridized carbons (Fsp3) is 0. The van der Waals surface area contributed by atoms with Gasteiger partial charge in [0.05, 0.1) is 0 Å². The highest BCUT2D eigenvalue weighted by Gasteiger charge is 1.97. The topological polar surface area (TPSA) is 29.1 Å². The van der Waals surface area contributed by atoms with Gasteiger partial charge in [-0.15, -0.1) is 0 Å². The third-order valence-electron chi connectivity index (χ3n) is 1.98. The SMILES string of the molecule is O=[C]Nc1cccc2ccccc12. The second kappa shape index (κ2) is 3.27. The van der Waals surface area contributed by atoms with Gasteiger partial charge in [0.1, 0.15) is 0 Å². The van der Waals surface area contributed by atoms with Crippen LogP contribution in [0.15, 0.2) is 42.5 Å². The lowest BCUT2D eigenvalue weighted by molar-refractivity contribution is 0.561. The molecule has 1 amide bonds. The molecule has 0 bridgehead atoms. The third kappa shape index (κ3) is 1.38. The smallest absolute Gasteiger partial charge is 0.314 e. The monoisotopic (exact) mass is 170 g/mol. The average Bonchev–Trinajstić information content (AvgIpc) is 2.19. The molecule has 2 aromatic rings. The molecule has 0 fully saturated rings. The zero-order chi connectivity index (χ0) is 9.10. The number of amides is 1. The van der Waals surface area contributed by atoms with E-state index in [0.29, 0.717) is 0 Å². The zero-order valence-corrected chi connectivity index (χ0v) is 6.95. The highest BCUT2D eigenvalue weighted by atomic mass is 16.1. The summed E-state index contributed by atoms with van der Waals surface area (Å²) in [5.41, 5.74) is 0.799. The Hall–Kier alpha value is -1.83. The van der Waals surface area contributed by atoms with Gasteiger partial charge in [-0.2, -0.15) is 0 Å². The van der Waals surface area contributed by atoms with Crippen molar-refractivity contribution in [3.8, 4) is 0 Å². The molecule has 1 N–H and O–H groups in total. The van der Waals surface area contributed by atoms with Gasteiger partial charge in [0.25, 0.3) is 0 Å². The largest absolute Gasteiger partial charge is 0.317 e. The van der Waals surface area contributed by atoms with Crippen LogP contribution in [0.1, 0.15) is 0 Å².